The molecule has 250 valence electrons. The van der Waals surface area contributed by atoms with Crippen LogP contribution in [0.1, 0.15) is 54.1 Å². The van der Waals surface area contributed by atoms with Crippen molar-refractivity contribution in [2.45, 2.75) is 50.2 Å². The molecule has 0 aliphatic carbocycles. The lowest BCUT2D eigenvalue weighted by molar-refractivity contribution is -0.121. The van der Waals surface area contributed by atoms with Crippen molar-refractivity contribution in [3.63, 3.8) is 0 Å². The molecule has 12 nitrogen and oxygen atoms in total. The number of fused-ring (bicyclic) bond motifs is 1. The second-order valence-electron chi connectivity index (χ2n) is 13.1. The molecule has 6 heterocycles. The number of nitrogens with one attached hydrogen (secondary N) is 4. The number of aromatic nitrogens is 6. The predicted octanol–water partition coefficient (Wildman–Crippen LogP) is 5.80. The van der Waals surface area contributed by atoms with Gasteiger partial charge in [-0.25, -0.2) is 19.7 Å². The highest BCUT2D eigenvalue weighted by molar-refractivity contribution is 6.02. The Balaban J connectivity index is 0.941. The number of hydrogen-bond donors (Lipinski definition) is 4. The van der Waals surface area contributed by atoms with Crippen LogP contribution in [0, 0.1) is 0 Å². The van der Waals surface area contributed by atoms with Crippen molar-refractivity contribution in [3.05, 3.63) is 102 Å². The van der Waals surface area contributed by atoms with E-state index in [0.29, 0.717) is 25.1 Å². The van der Waals surface area contributed by atoms with Gasteiger partial charge in [0.2, 0.25) is 5.91 Å². The summed E-state index contributed by atoms with van der Waals surface area (Å²) in [5.41, 5.74) is 10.3. The van der Waals surface area contributed by atoms with Crippen LogP contribution >= 0.6 is 0 Å². The fourth-order valence-corrected chi connectivity index (χ4v) is 7.55. The van der Waals surface area contributed by atoms with E-state index in [2.05, 4.69) is 43.8 Å². The van der Waals surface area contributed by atoms with Gasteiger partial charge in [0.05, 0.1) is 71.6 Å². The molecule has 0 saturated carbocycles. The largest absolute Gasteiger partial charge is 0.453 e. The minimum Gasteiger partial charge on any atom is -0.453 e. The molecule has 0 spiro atoms. The van der Waals surface area contributed by atoms with Gasteiger partial charge in [-0.15, -0.1) is 0 Å². The van der Waals surface area contributed by atoms with Crippen molar-refractivity contribution >= 4 is 28.7 Å². The van der Waals surface area contributed by atoms with E-state index < -0.39 is 12.1 Å². The van der Waals surface area contributed by atoms with Gasteiger partial charge in [-0.3, -0.25) is 14.7 Å². The third kappa shape index (κ3) is 5.28. The number of aryl methyl sites for hydroxylation is 1. The topological polar surface area (TPSA) is 154 Å². The van der Waals surface area contributed by atoms with Crippen molar-refractivity contribution in [3.8, 4) is 33.8 Å². The maximum absolute atomic E-state index is 13.9. The molecular weight excluding hydrogens is 630 g/mol. The lowest BCUT2D eigenvalue weighted by Crippen LogP contribution is -2.48. The van der Waals surface area contributed by atoms with E-state index in [-0.39, 0.29) is 18.0 Å². The van der Waals surface area contributed by atoms with E-state index in [1.807, 2.05) is 59.8 Å². The zero-order valence-electron chi connectivity index (χ0n) is 27.4. The standard InChI is InChI=1S/C38H35N9O3/c1-50-38(49)46-28-14-11-23-4-2-5-25-17-33(47(34(23)25)37(28)48)36-42-19-31(45-36)22-9-7-21(8-10-22)30-18-40-29-16-24(12-13-26(29)43-30)32-20-41-35(44-32)27-6-3-15-39-27/h2,4-5,7-10,12-13,16,18-20,27-28,33,39H,3,6,11,14-15,17H2,1H3,(H,41,44)(H,42,45)(H,46,49)/t27-,28-,33-/m0/s1. The van der Waals surface area contributed by atoms with Crippen LogP contribution in [0.15, 0.2) is 79.3 Å². The van der Waals surface area contributed by atoms with Gasteiger partial charge in [0.1, 0.15) is 17.7 Å². The molecule has 9 rings (SSSR count). The van der Waals surface area contributed by atoms with Gasteiger partial charge in [0.25, 0.3) is 0 Å². The molecule has 12 heteroatoms. The number of amides is 2. The van der Waals surface area contributed by atoms with Crippen LogP contribution in [0.4, 0.5) is 10.5 Å². The second kappa shape index (κ2) is 12.2. The third-order valence-corrected chi connectivity index (χ3v) is 10.1. The fourth-order valence-electron chi connectivity index (χ4n) is 7.55. The number of carbonyl (C=O) groups is 2. The average molecular weight is 666 g/mol. The molecule has 1 fully saturated rings. The molecular formula is C38H35N9O3. The summed E-state index contributed by atoms with van der Waals surface area (Å²) >= 11 is 0. The Bertz CT molecular complexity index is 2250. The molecule has 1 saturated heterocycles. The number of benzene rings is 3. The molecule has 3 aliphatic heterocycles. The van der Waals surface area contributed by atoms with Crippen LogP contribution < -0.4 is 15.5 Å². The van der Waals surface area contributed by atoms with Gasteiger partial charge >= 0.3 is 6.09 Å². The summed E-state index contributed by atoms with van der Waals surface area (Å²) < 4.78 is 4.80. The number of carbonyl (C=O) groups excluding carboxylic acids is 2. The average Bonchev–Trinajstić information content (AvgIpc) is 3.98. The summed E-state index contributed by atoms with van der Waals surface area (Å²) in [5.74, 6) is 1.51. The molecule has 0 unspecified atom stereocenters. The van der Waals surface area contributed by atoms with Gasteiger partial charge in [-0.05, 0) is 61.1 Å². The molecule has 0 radical (unpaired) electrons. The Hall–Kier alpha value is -5.88. The van der Waals surface area contributed by atoms with Crippen molar-refractivity contribution in [2.75, 3.05) is 18.6 Å². The van der Waals surface area contributed by atoms with Gasteiger partial charge < -0.3 is 25.3 Å². The summed E-state index contributed by atoms with van der Waals surface area (Å²) in [4.78, 5) is 53.7. The third-order valence-electron chi connectivity index (χ3n) is 10.1. The lowest BCUT2D eigenvalue weighted by Gasteiger charge is -2.27. The molecule has 0 bridgehead atoms. The molecule has 50 heavy (non-hydrogen) atoms. The first-order valence-electron chi connectivity index (χ1n) is 17.0. The normalized spacial score (nSPS) is 19.8. The van der Waals surface area contributed by atoms with Crippen LogP contribution in [0.5, 0.6) is 0 Å². The number of methoxy groups -OCH3 is 1. The molecule has 3 atom stereocenters. The van der Waals surface area contributed by atoms with E-state index >= 15 is 0 Å². The first-order valence-corrected chi connectivity index (χ1v) is 17.0. The van der Waals surface area contributed by atoms with E-state index in [1.54, 1.807) is 6.20 Å². The van der Waals surface area contributed by atoms with Crippen LogP contribution in [0.3, 0.4) is 0 Å². The van der Waals surface area contributed by atoms with E-state index in [4.69, 9.17) is 19.7 Å². The lowest BCUT2D eigenvalue weighted by atomic mass is 10.0. The zero-order chi connectivity index (χ0) is 33.8. The van der Waals surface area contributed by atoms with E-state index in [0.717, 1.165) is 80.4 Å². The fraction of sp³-hybridized carbons (Fsp3) is 0.263. The highest BCUT2D eigenvalue weighted by Gasteiger charge is 2.42. The van der Waals surface area contributed by atoms with Crippen LogP contribution in [0.25, 0.3) is 44.8 Å². The van der Waals surface area contributed by atoms with Gasteiger partial charge in [0.15, 0.2) is 0 Å². The zero-order valence-corrected chi connectivity index (χ0v) is 27.4. The monoisotopic (exact) mass is 665 g/mol. The number of aromatic amines is 2. The molecule has 3 aliphatic rings. The van der Waals surface area contributed by atoms with Crippen molar-refractivity contribution in [1.82, 2.24) is 40.5 Å². The van der Waals surface area contributed by atoms with Gasteiger partial charge in [-0.1, -0.05) is 48.5 Å². The Labute approximate surface area is 287 Å². The molecule has 4 N–H and O–H groups in total. The number of alkyl carbamates (subject to hydrolysis) is 1. The SMILES string of the molecule is COC(=O)N[C@H]1CCc2cccc3c2N(C1=O)[C@H](c1ncc(-c2ccc(-c4cnc5cc(-c6cnc([C@@H]7CCCN7)[nH]6)ccc5n4)cc2)[nH]1)C3. The first kappa shape index (κ1) is 30.2. The minimum atomic E-state index is -0.686. The number of imidazole rings is 2. The van der Waals surface area contributed by atoms with Gasteiger partial charge in [-0.2, -0.15) is 0 Å². The molecule has 6 aromatic rings. The Morgan fingerprint density at radius 2 is 1.62 bits per heavy atom. The highest BCUT2D eigenvalue weighted by Crippen LogP contribution is 2.44. The van der Waals surface area contributed by atoms with E-state index in [9.17, 15) is 9.59 Å². The van der Waals surface area contributed by atoms with E-state index in [1.165, 1.54) is 13.5 Å². The minimum absolute atomic E-state index is 0.161. The molecule has 3 aromatic heterocycles. The summed E-state index contributed by atoms with van der Waals surface area (Å²) in [6.07, 6.45) is 8.96. The predicted molar refractivity (Wildman–Crippen MR) is 188 cm³/mol. The Morgan fingerprint density at radius 1 is 0.860 bits per heavy atom. The maximum atomic E-state index is 13.9. The molecule has 2 amide bonds. The number of rotatable bonds is 6. The van der Waals surface area contributed by atoms with Crippen LogP contribution in [-0.2, 0) is 22.4 Å². The summed E-state index contributed by atoms with van der Waals surface area (Å²) in [6, 6.07) is 19.7. The second-order valence-corrected chi connectivity index (χ2v) is 13.1. The smallest absolute Gasteiger partial charge is 0.407 e. The number of anilines is 1. The Kier molecular flexibility index (Phi) is 7.38. The first-order chi connectivity index (χ1) is 24.5. The van der Waals surface area contributed by atoms with Crippen LogP contribution in [0.2, 0.25) is 0 Å². The number of hydrogen-bond acceptors (Lipinski definition) is 8. The number of ether oxygens (including phenoxy) is 1. The highest BCUT2D eigenvalue weighted by atomic mass is 16.5. The summed E-state index contributed by atoms with van der Waals surface area (Å²) in [5, 5.41) is 6.22. The van der Waals surface area contributed by atoms with Crippen molar-refractivity contribution in [2.24, 2.45) is 0 Å². The summed E-state index contributed by atoms with van der Waals surface area (Å²) in [7, 11) is 1.30. The number of H-pyrrole nitrogens is 2. The van der Waals surface area contributed by atoms with Crippen molar-refractivity contribution in [1.29, 1.82) is 0 Å². The van der Waals surface area contributed by atoms with Crippen LogP contribution in [-0.4, -0.2) is 61.6 Å². The van der Waals surface area contributed by atoms with Gasteiger partial charge in [0, 0.05) is 17.5 Å². The summed E-state index contributed by atoms with van der Waals surface area (Å²) in [6.45, 7) is 1.03. The number of para-hydroxylation sites is 1. The maximum Gasteiger partial charge on any atom is 0.407 e. The van der Waals surface area contributed by atoms with Crippen molar-refractivity contribution < 1.29 is 14.3 Å². The molecule has 3 aromatic carbocycles. The quantitative estimate of drug-likeness (QED) is 0.174. The number of nitrogens with zero attached hydrogens (tertiary/aromatic N) is 5. The Morgan fingerprint density at radius 3 is 2.44 bits per heavy atom.